The summed E-state index contributed by atoms with van der Waals surface area (Å²) in [5.74, 6) is 0.713. The first-order chi connectivity index (χ1) is 8.24. The van der Waals surface area contributed by atoms with Crippen LogP contribution in [0, 0.1) is 0 Å². The lowest BCUT2D eigenvalue weighted by molar-refractivity contribution is 0.523. The normalized spacial score (nSPS) is 16.6. The molecule has 0 radical (unpaired) electrons. The number of hydrogen-bond donors (Lipinski definition) is 2. The Labute approximate surface area is 103 Å². The van der Waals surface area contributed by atoms with Gasteiger partial charge in [-0.1, -0.05) is 12.8 Å². The summed E-state index contributed by atoms with van der Waals surface area (Å²) in [5.41, 5.74) is 1.16. The van der Waals surface area contributed by atoms with Crippen molar-refractivity contribution in [3.63, 3.8) is 0 Å². The summed E-state index contributed by atoms with van der Waals surface area (Å²) in [6, 6.07) is 1.07. The first kappa shape index (κ1) is 12.3. The molecule has 0 bridgehead atoms. The fraction of sp³-hybridized carbons (Fsp3) is 0.692. The van der Waals surface area contributed by atoms with Crippen molar-refractivity contribution < 1.29 is 0 Å². The second-order valence-electron chi connectivity index (χ2n) is 5.08. The number of aromatic nitrogens is 2. The van der Waals surface area contributed by atoms with Crippen molar-refractivity contribution in [2.75, 3.05) is 5.32 Å². The molecule has 1 aliphatic carbocycles. The van der Waals surface area contributed by atoms with Crippen molar-refractivity contribution in [3.05, 3.63) is 18.0 Å². The maximum Gasteiger partial charge on any atom is 0.222 e. The predicted molar refractivity (Wildman–Crippen MR) is 69.9 cm³/mol. The highest BCUT2D eigenvalue weighted by Crippen LogP contribution is 2.17. The molecule has 0 saturated heterocycles. The minimum absolute atomic E-state index is 0.373. The van der Waals surface area contributed by atoms with Crippen LogP contribution in [0.5, 0.6) is 0 Å². The van der Waals surface area contributed by atoms with E-state index in [1.807, 2.05) is 12.4 Å². The van der Waals surface area contributed by atoms with Gasteiger partial charge in [0.2, 0.25) is 5.95 Å². The molecule has 0 spiro atoms. The van der Waals surface area contributed by atoms with Gasteiger partial charge in [0.15, 0.2) is 0 Å². The zero-order chi connectivity index (χ0) is 12.1. The van der Waals surface area contributed by atoms with E-state index in [1.54, 1.807) is 0 Å². The molecule has 1 fully saturated rings. The van der Waals surface area contributed by atoms with Crippen molar-refractivity contribution in [1.29, 1.82) is 0 Å². The fourth-order valence-corrected chi connectivity index (χ4v) is 2.17. The van der Waals surface area contributed by atoms with Crippen LogP contribution in [0.25, 0.3) is 0 Å². The maximum atomic E-state index is 4.30. The Bertz CT molecular complexity index is 328. The molecule has 0 amide bonds. The Morgan fingerprint density at radius 2 is 1.88 bits per heavy atom. The van der Waals surface area contributed by atoms with E-state index in [4.69, 9.17) is 0 Å². The fourth-order valence-electron chi connectivity index (χ4n) is 2.17. The monoisotopic (exact) mass is 234 g/mol. The zero-order valence-electron chi connectivity index (χ0n) is 10.7. The van der Waals surface area contributed by atoms with E-state index in [1.165, 1.54) is 25.7 Å². The highest BCUT2D eigenvalue weighted by atomic mass is 15.1. The van der Waals surface area contributed by atoms with Gasteiger partial charge in [0.1, 0.15) is 0 Å². The third kappa shape index (κ3) is 3.97. The topological polar surface area (TPSA) is 49.8 Å². The van der Waals surface area contributed by atoms with Crippen LogP contribution in [0.1, 0.15) is 45.1 Å². The average Bonchev–Trinajstić information content (AvgIpc) is 2.80. The third-order valence-electron chi connectivity index (χ3n) is 3.07. The molecule has 1 saturated carbocycles. The molecule has 94 valence electrons. The van der Waals surface area contributed by atoms with Crippen LogP contribution in [0.3, 0.4) is 0 Å². The van der Waals surface area contributed by atoms with E-state index in [2.05, 4.69) is 34.4 Å². The van der Waals surface area contributed by atoms with Crippen LogP contribution < -0.4 is 10.6 Å². The second-order valence-corrected chi connectivity index (χ2v) is 5.08. The van der Waals surface area contributed by atoms with Gasteiger partial charge < -0.3 is 10.6 Å². The molecule has 17 heavy (non-hydrogen) atoms. The van der Waals surface area contributed by atoms with Crippen LogP contribution in [0.2, 0.25) is 0 Å². The van der Waals surface area contributed by atoms with Gasteiger partial charge in [-0.2, -0.15) is 0 Å². The molecular formula is C13H22N4. The first-order valence-electron chi connectivity index (χ1n) is 6.55. The van der Waals surface area contributed by atoms with Crippen LogP contribution >= 0.6 is 0 Å². The Balaban J connectivity index is 1.80. The second kappa shape index (κ2) is 5.96. The lowest BCUT2D eigenvalue weighted by Crippen LogP contribution is -2.25. The smallest absolute Gasteiger partial charge is 0.222 e. The number of rotatable bonds is 5. The summed E-state index contributed by atoms with van der Waals surface area (Å²) in [5, 5.41) is 6.74. The van der Waals surface area contributed by atoms with Crippen LogP contribution in [0.15, 0.2) is 12.4 Å². The van der Waals surface area contributed by atoms with Gasteiger partial charge in [0, 0.05) is 36.6 Å². The molecular weight excluding hydrogens is 212 g/mol. The van der Waals surface area contributed by atoms with Crippen molar-refractivity contribution in [2.24, 2.45) is 0 Å². The molecule has 4 nitrogen and oxygen atoms in total. The predicted octanol–water partition coefficient (Wildman–Crippen LogP) is 2.33. The lowest BCUT2D eigenvalue weighted by Gasteiger charge is -2.12. The summed E-state index contributed by atoms with van der Waals surface area (Å²) in [6.45, 7) is 5.05. The van der Waals surface area contributed by atoms with Crippen LogP contribution in [-0.4, -0.2) is 22.1 Å². The van der Waals surface area contributed by atoms with Crippen molar-refractivity contribution in [2.45, 2.75) is 58.2 Å². The molecule has 1 heterocycles. The number of anilines is 1. The summed E-state index contributed by atoms with van der Waals surface area (Å²) in [7, 11) is 0. The molecule has 2 rings (SSSR count). The van der Waals surface area contributed by atoms with Crippen LogP contribution in [0.4, 0.5) is 5.95 Å². The molecule has 0 unspecified atom stereocenters. The van der Waals surface area contributed by atoms with Gasteiger partial charge in [-0.15, -0.1) is 0 Å². The summed E-state index contributed by atoms with van der Waals surface area (Å²) >= 11 is 0. The van der Waals surface area contributed by atoms with Gasteiger partial charge in [0.05, 0.1) is 0 Å². The summed E-state index contributed by atoms with van der Waals surface area (Å²) in [4.78, 5) is 8.60. The van der Waals surface area contributed by atoms with E-state index in [-0.39, 0.29) is 0 Å². The number of nitrogens with zero attached hydrogens (tertiary/aromatic N) is 2. The summed E-state index contributed by atoms with van der Waals surface area (Å²) in [6.07, 6.45) is 9.16. The molecule has 1 aromatic rings. The van der Waals surface area contributed by atoms with E-state index >= 15 is 0 Å². The van der Waals surface area contributed by atoms with Crippen molar-refractivity contribution >= 4 is 5.95 Å². The Morgan fingerprint density at radius 1 is 1.24 bits per heavy atom. The molecule has 0 aromatic carbocycles. The van der Waals surface area contributed by atoms with Crippen LogP contribution in [-0.2, 0) is 6.54 Å². The Morgan fingerprint density at radius 3 is 2.47 bits per heavy atom. The highest BCUT2D eigenvalue weighted by molar-refractivity contribution is 5.25. The largest absolute Gasteiger partial charge is 0.352 e. The first-order valence-corrected chi connectivity index (χ1v) is 6.55. The molecule has 2 N–H and O–H groups in total. The van der Waals surface area contributed by atoms with E-state index in [0.29, 0.717) is 18.0 Å². The zero-order valence-corrected chi connectivity index (χ0v) is 10.7. The molecule has 1 aliphatic rings. The van der Waals surface area contributed by atoms with E-state index in [0.717, 1.165) is 12.1 Å². The standard InChI is InChI=1S/C13H22N4/c1-10(2)17-13-15-8-11(9-16-13)7-14-12-5-3-4-6-12/h8-10,12,14H,3-7H2,1-2H3,(H,15,16,17). The quantitative estimate of drug-likeness (QED) is 0.821. The number of hydrogen-bond acceptors (Lipinski definition) is 4. The van der Waals surface area contributed by atoms with Gasteiger partial charge in [-0.25, -0.2) is 9.97 Å². The van der Waals surface area contributed by atoms with Crippen molar-refractivity contribution in [1.82, 2.24) is 15.3 Å². The van der Waals surface area contributed by atoms with Gasteiger partial charge in [-0.05, 0) is 26.7 Å². The minimum atomic E-state index is 0.373. The highest BCUT2D eigenvalue weighted by Gasteiger charge is 2.13. The Kier molecular flexibility index (Phi) is 4.31. The van der Waals surface area contributed by atoms with Crippen molar-refractivity contribution in [3.8, 4) is 0 Å². The molecule has 0 aliphatic heterocycles. The van der Waals surface area contributed by atoms with E-state index in [9.17, 15) is 0 Å². The minimum Gasteiger partial charge on any atom is -0.352 e. The van der Waals surface area contributed by atoms with Gasteiger partial charge >= 0.3 is 0 Å². The van der Waals surface area contributed by atoms with Gasteiger partial charge in [0.25, 0.3) is 0 Å². The molecule has 1 aromatic heterocycles. The van der Waals surface area contributed by atoms with Gasteiger partial charge in [-0.3, -0.25) is 0 Å². The summed E-state index contributed by atoms with van der Waals surface area (Å²) < 4.78 is 0. The molecule has 0 atom stereocenters. The van der Waals surface area contributed by atoms with E-state index < -0.39 is 0 Å². The maximum absolute atomic E-state index is 4.30. The lowest BCUT2D eigenvalue weighted by atomic mass is 10.2. The third-order valence-corrected chi connectivity index (χ3v) is 3.07. The molecule has 4 heteroatoms. The number of nitrogens with one attached hydrogen (secondary N) is 2. The average molecular weight is 234 g/mol. The SMILES string of the molecule is CC(C)Nc1ncc(CNC2CCCC2)cn1. The Hall–Kier alpha value is -1.16.